The molecule has 1 aromatic carbocycles. The first-order valence-corrected chi connectivity index (χ1v) is 6.54. The Hall–Kier alpha value is -1.61. The number of hydrogen-bond donors (Lipinski definition) is 1. The van der Waals surface area contributed by atoms with Gasteiger partial charge in [0.25, 0.3) is 5.91 Å². The molecule has 0 unspecified atom stereocenters. The van der Waals surface area contributed by atoms with Crippen LogP contribution in [-0.4, -0.2) is 24.0 Å². The fraction of sp³-hybridized carbons (Fsp3) is 0.400. The maximum absolute atomic E-state index is 11.7. The summed E-state index contributed by atoms with van der Waals surface area (Å²) < 4.78 is 0. The lowest BCUT2D eigenvalue weighted by atomic mass is 10.1. The van der Waals surface area contributed by atoms with Crippen LogP contribution in [0, 0.1) is 6.92 Å². The van der Waals surface area contributed by atoms with Crippen molar-refractivity contribution in [2.24, 2.45) is 0 Å². The van der Waals surface area contributed by atoms with Crippen molar-refractivity contribution in [2.75, 3.05) is 13.1 Å². The molecule has 0 atom stereocenters. The molecule has 1 saturated heterocycles. The summed E-state index contributed by atoms with van der Waals surface area (Å²) in [4.78, 5) is 11.7. The Balaban J connectivity index is 1.84. The van der Waals surface area contributed by atoms with Gasteiger partial charge in [-0.25, -0.2) is 5.01 Å². The second-order valence-electron chi connectivity index (χ2n) is 4.77. The molecule has 0 spiro atoms. The maximum Gasteiger partial charge on any atom is 0.258 e. The molecule has 0 radical (unpaired) electrons. The van der Waals surface area contributed by atoms with Gasteiger partial charge in [0, 0.05) is 19.2 Å². The van der Waals surface area contributed by atoms with E-state index in [0.29, 0.717) is 0 Å². The Morgan fingerprint density at radius 3 is 2.50 bits per heavy atom. The number of carbonyl (C=O) groups excluding carboxylic acids is 1. The van der Waals surface area contributed by atoms with Crippen LogP contribution in [0.5, 0.6) is 0 Å². The molecule has 1 heterocycles. The van der Waals surface area contributed by atoms with Gasteiger partial charge in [-0.15, -0.1) is 0 Å². The fourth-order valence-electron chi connectivity index (χ4n) is 2.05. The Labute approximate surface area is 108 Å². The zero-order valence-electron chi connectivity index (χ0n) is 10.9. The zero-order chi connectivity index (χ0) is 12.8. The van der Waals surface area contributed by atoms with Crippen LogP contribution in [0.2, 0.25) is 0 Å². The van der Waals surface area contributed by atoms with Gasteiger partial charge in [0.1, 0.15) is 0 Å². The molecule has 1 aliphatic rings. The molecule has 1 amide bonds. The SMILES string of the molecule is Cc1ccc(/C=C/C(=O)NN2CCCCC2)cc1. The van der Waals surface area contributed by atoms with Crippen LogP contribution in [0.4, 0.5) is 0 Å². The number of aryl methyl sites for hydroxylation is 1. The van der Waals surface area contributed by atoms with Crippen molar-refractivity contribution < 1.29 is 4.79 Å². The largest absolute Gasteiger partial charge is 0.285 e. The number of piperidine rings is 1. The van der Waals surface area contributed by atoms with Crippen LogP contribution in [0.25, 0.3) is 6.08 Å². The number of rotatable bonds is 3. The summed E-state index contributed by atoms with van der Waals surface area (Å²) in [6.45, 7) is 3.98. The van der Waals surface area contributed by atoms with Crippen molar-refractivity contribution in [1.29, 1.82) is 0 Å². The van der Waals surface area contributed by atoms with Gasteiger partial charge in [-0.2, -0.15) is 0 Å². The number of benzene rings is 1. The van der Waals surface area contributed by atoms with Crippen LogP contribution in [-0.2, 0) is 4.79 Å². The lowest BCUT2D eigenvalue weighted by Crippen LogP contribution is -2.44. The summed E-state index contributed by atoms with van der Waals surface area (Å²) in [5.41, 5.74) is 5.19. The molecule has 0 aliphatic carbocycles. The molecule has 1 aromatic rings. The van der Waals surface area contributed by atoms with Crippen LogP contribution in [0.1, 0.15) is 30.4 Å². The van der Waals surface area contributed by atoms with Gasteiger partial charge in [-0.3, -0.25) is 10.2 Å². The Morgan fingerprint density at radius 2 is 1.83 bits per heavy atom. The molecule has 0 aromatic heterocycles. The first-order valence-electron chi connectivity index (χ1n) is 6.54. The molecule has 3 heteroatoms. The Morgan fingerprint density at radius 1 is 1.17 bits per heavy atom. The van der Waals surface area contributed by atoms with Crippen molar-refractivity contribution >= 4 is 12.0 Å². The number of hydrazine groups is 1. The van der Waals surface area contributed by atoms with Crippen molar-refractivity contribution in [3.05, 3.63) is 41.5 Å². The zero-order valence-corrected chi connectivity index (χ0v) is 10.9. The number of carbonyl (C=O) groups is 1. The third-order valence-corrected chi connectivity index (χ3v) is 3.13. The highest BCUT2D eigenvalue weighted by Crippen LogP contribution is 2.07. The van der Waals surface area contributed by atoms with Gasteiger partial charge in [-0.05, 0) is 31.4 Å². The number of hydrogen-bond acceptors (Lipinski definition) is 2. The smallest absolute Gasteiger partial charge is 0.258 e. The molecule has 18 heavy (non-hydrogen) atoms. The van der Waals surface area contributed by atoms with Gasteiger partial charge in [0.2, 0.25) is 0 Å². The average molecular weight is 244 g/mol. The number of amides is 1. The van der Waals surface area contributed by atoms with Gasteiger partial charge in [0.05, 0.1) is 0 Å². The lowest BCUT2D eigenvalue weighted by Gasteiger charge is -2.26. The summed E-state index contributed by atoms with van der Waals surface area (Å²) in [5, 5.41) is 2.01. The highest BCUT2D eigenvalue weighted by Gasteiger charge is 2.10. The normalized spacial score (nSPS) is 16.9. The minimum atomic E-state index is -0.0440. The molecule has 1 fully saturated rings. The topological polar surface area (TPSA) is 32.3 Å². The molecular formula is C15H20N2O. The molecule has 3 nitrogen and oxygen atoms in total. The van der Waals surface area contributed by atoms with Crippen molar-refractivity contribution in [2.45, 2.75) is 26.2 Å². The van der Waals surface area contributed by atoms with E-state index in [0.717, 1.165) is 18.7 Å². The van der Waals surface area contributed by atoms with E-state index in [-0.39, 0.29) is 5.91 Å². The molecule has 0 saturated carbocycles. The minimum absolute atomic E-state index is 0.0440. The Kier molecular flexibility index (Phi) is 4.53. The van der Waals surface area contributed by atoms with Crippen LogP contribution in [0.15, 0.2) is 30.3 Å². The van der Waals surface area contributed by atoms with Gasteiger partial charge in [0.15, 0.2) is 0 Å². The van der Waals surface area contributed by atoms with Crippen molar-refractivity contribution in [1.82, 2.24) is 10.4 Å². The van der Waals surface area contributed by atoms with Gasteiger partial charge in [-0.1, -0.05) is 36.2 Å². The van der Waals surface area contributed by atoms with Crippen molar-refractivity contribution in [3.8, 4) is 0 Å². The van der Waals surface area contributed by atoms with E-state index in [1.165, 1.54) is 24.8 Å². The number of nitrogens with zero attached hydrogens (tertiary/aromatic N) is 1. The second-order valence-corrected chi connectivity index (χ2v) is 4.77. The summed E-state index contributed by atoms with van der Waals surface area (Å²) in [6, 6.07) is 8.12. The van der Waals surface area contributed by atoms with E-state index >= 15 is 0 Å². The lowest BCUT2D eigenvalue weighted by molar-refractivity contribution is -0.121. The summed E-state index contributed by atoms with van der Waals surface area (Å²) >= 11 is 0. The van der Waals surface area contributed by atoms with E-state index in [1.54, 1.807) is 6.08 Å². The fourth-order valence-corrected chi connectivity index (χ4v) is 2.05. The average Bonchev–Trinajstić information content (AvgIpc) is 2.39. The van der Waals surface area contributed by atoms with Gasteiger partial charge >= 0.3 is 0 Å². The van der Waals surface area contributed by atoms with E-state index in [2.05, 4.69) is 12.3 Å². The van der Waals surface area contributed by atoms with Crippen LogP contribution < -0.4 is 5.43 Å². The maximum atomic E-state index is 11.7. The highest BCUT2D eigenvalue weighted by atomic mass is 16.2. The monoisotopic (exact) mass is 244 g/mol. The first-order chi connectivity index (χ1) is 8.74. The van der Waals surface area contributed by atoms with Gasteiger partial charge < -0.3 is 0 Å². The standard InChI is InChI=1S/C15H20N2O/c1-13-5-7-14(8-6-13)9-10-15(18)16-17-11-3-2-4-12-17/h5-10H,2-4,11-12H2,1H3,(H,16,18)/b10-9+. The predicted octanol–water partition coefficient (Wildman–Crippen LogP) is 2.53. The summed E-state index contributed by atoms with van der Waals surface area (Å²) in [6.07, 6.45) is 7.05. The molecule has 0 bridgehead atoms. The molecule has 2 rings (SSSR count). The predicted molar refractivity (Wildman–Crippen MR) is 73.8 cm³/mol. The molecular weight excluding hydrogens is 224 g/mol. The Bertz CT molecular complexity index is 417. The van der Waals surface area contributed by atoms with E-state index in [4.69, 9.17) is 0 Å². The second kappa shape index (κ2) is 6.36. The van der Waals surface area contributed by atoms with E-state index in [1.807, 2.05) is 35.4 Å². The van der Waals surface area contributed by atoms with E-state index < -0.39 is 0 Å². The third-order valence-electron chi connectivity index (χ3n) is 3.13. The quantitative estimate of drug-likeness (QED) is 0.829. The molecule has 1 N–H and O–H groups in total. The van der Waals surface area contributed by atoms with Crippen LogP contribution in [0.3, 0.4) is 0 Å². The third kappa shape index (κ3) is 4.00. The molecule has 96 valence electrons. The van der Waals surface area contributed by atoms with Crippen molar-refractivity contribution in [3.63, 3.8) is 0 Å². The minimum Gasteiger partial charge on any atom is -0.285 e. The molecule has 1 aliphatic heterocycles. The highest BCUT2D eigenvalue weighted by molar-refractivity contribution is 5.91. The summed E-state index contributed by atoms with van der Waals surface area (Å²) in [5.74, 6) is -0.0440. The van der Waals surface area contributed by atoms with E-state index in [9.17, 15) is 4.79 Å². The first kappa shape index (κ1) is 12.8. The van der Waals surface area contributed by atoms with Crippen LogP contribution >= 0.6 is 0 Å². The number of nitrogens with one attached hydrogen (secondary N) is 1. The summed E-state index contributed by atoms with van der Waals surface area (Å²) in [7, 11) is 0.